The van der Waals surface area contributed by atoms with Crippen LogP contribution in [0.15, 0.2) is 0 Å². The van der Waals surface area contributed by atoms with Gasteiger partial charge >= 0.3 is 0 Å². The number of unbranched alkanes of at least 4 members (excludes halogenated alkanes) is 18. The summed E-state index contributed by atoms with van der Waals surface area (Å²) < 4.78 is 32.2. The zero-order valence-electron chi connectivity index (χ0n) is 29.4. The molecule has 0 bridgehead atoms. The Kier molecular flexibility index (Phi) is 25.4. The molecular weight excluding hydrogens is 544 g/mol. The number of hydrogen-bond acceptors (Lipinski definition) is 8. The Labute approximate surface area is 266 Å². The van der Waals surface area contributed by atoms with E-state index in [2.05, 4.69) is 9.80 Å². The van der Waals surface area contributed by atoms with Crippen LogP contribution in [0.2, 0.25) is 0 Å². The van der Waals surface area contributed by atoms with Crippen LogP contribution >= 0.6 is 0 Å². The van der Waals surface area contributed by atoms with Crippen molar-refractivity contribution in [2.75, 3.05) is 75.5 Å². The summed E-state index contributed by atoms with van der Waals surface area (Å²) in [5.41, 5.74) is 0. The van der Waals surface area contributed by atoms with Gasteiger partial charge in [0.1, 0.15) is 0 Å². The van der Waals surface area contributed by atoms with Gasteiger partial charge in [-0.05, 0) is 38.8 Å². The van der Waals surface area contributed by atoms with E-state index in [4.69, 9.17) is 28.4 Å². The fourth-order valence-corrected chi connectivity index (χ4v) is 6.37. The molecule has 0 aliphatic carbocycles. The van der Waals surface area contributed by atoms with Crippen LogP contribution in [-0.2, 0) is 28.4 Å². The molecule has 0 atom stereocenters. The van der Waals surface area contributed by atoms with Crippen LogP contribution in [0, 0.1) is 0 Å². The van der Waals surface area contributed by atoms with Crippen LogP contribution in [0.25, 0.3) is 0 Å². The Hall–Kier alpha value is -0.320. The highest BCUT2D eigenvalue weighted by Gasteiger charge is 2.29. The zero-order chi connectivity index (χ0) is 31.5. The molecule has 0 unspecified atom stereocenters. The molecule has 0 radical (unpaired) electrons. The summed E-state index contributed by atoms with van der Waals surface area (Å²) in [5, 5.41) is 0. The van der Waals surface area contributed by atoms with Gasteiger partial charge in [0.15, 0.2) is 0 Å². The van der Waals surface area contributed by atoms with E-state index < -0.39 is 11.9 Å². The SMILES string of the molecule is COC(CCCCCCCCCCCCN1CCN(CCCCCCCCCCCCC(OC)(OC)OC)C1)(OC)OC. The third-order valence-electron chi connectivity index (χ3n) is 9.41. The topological polar surface area (TPSA) is 61.9 Å². The van der Waals surface area contributed by atoms with Gasteiger partial charge in [0.25, 0.3) is 11.9 Å². The van der Waals surface area contributed by atoms with Crippen molar-refractivity contribution in [3.05, 3.63) is 0 Å². The van der Waals surface area contributed by atoms with Gasteiger partial charge in [-0.25, -0.2) is 0 Å². The van der Waals surface area contributed by atoms with Crippen LogP contribution in [-0.4, -0.2) is 97.3 Å². The van der Waals surface area contributed by atoms with Crippen LogP contribution in [0.1, 0.15) is 141 Å². The number of ether oxygens (including phenoxy) is 6. The van der Waals surface area contributed by atoms with E-state index in [1.54, 1.807) is 42.7 Å². The molecule has 1 saturated heterocycles. The molecule has 1 aliphatic heterocycles. The second-order valence-electron chi connectivity index (χ2n) is 12.5. The lowest BCUT2D eigenvalue weighted by atomic mass is 10.1. The van der Waals surface area contributed by atoms with E-state index in [0.29, 0.717) is 0 Å². The summed E-state index contributed by atoms with van der Waals surface area (Å²) >= 11 is 0. The summed E-state index contributed by atoms with van der Waals surface area (Å²) in [5.74, 6) is -1.71. The van der Waals surface area contributed by atoms with Crippen molar-refractivity contribution in [1.29, 1.82) is 0 Å². The van der Waals surface area contributed by atoms with Gasteiger partial charge in [-0.1, -0.05) is 103 Å². The Morgan fingerprint density at radius 1 is 0.349 bits per heavy atom. The minimum Gasteiger partial charge on any atom is -0.331 e. The van der Waals surface area contributed by atoms with Gasteiger partial charge in [0.05, 0.1) is 6.67 Å². The number of nitrogens with zero attached hydrogens (tertiary/aromatic N) is 2. The van der Waals surface area contributed by atoms with Gasteiger partial charge in [0.2, 0.25) is 0 Å². The van der Waals surface area contributed by atoms with Crippen LogP contribution in [0.3, 0.4) is 0 Å². The molecule has 8 nitrogen and oxygen atoms in total. The minimum absolute atomic E-state index is 0.788. The standard InChI is InChI=1S/C35H72N2O6/c1-38-34(39-2,40-3)27-23-19-15-11-7-9-13-17-21-25-29-36-31-32-37(33-36)30-26-22-18-14-10-8-12-16-20-24-28-35(41-4,42-5)43-6/h7-33H2,1-6H3. The van der Waals surface area contributed by atoms with Crippen molar-refractivity contribution in [3.8, 4) is 0 Å². The highest BCUT2D eigenvalue weighted by atomic mass is 16.9. The Morgan fingerprint density at radius 3 is 0.837 bits per heavy atom. The average Bonchev–Trinajstić information content (AvgIpc) is 3.50. The van der Waals surface area contributed by atoms with E-state index >= 15 is 0 Å². The zero-order valence-corrected chi connectivity index (χ0v) is 29.4. The normalized spacial score (nSPS) is 15.2. The van der Waals surface area contributed by atoms with Crippen LogP contribution in [0.4, 0.5) is 0 Å². The van der Waals surface area contributed by atoms with Crippen LogP contribution < -0.4 is 0 Å². The summed E-state index contributed by atoms with van der Waals surface area (Å²) in [6.07, 6.45) is 28.0. The minimum atomic E-state index is -0.856. The number of hydrogen-bond donors (Lipinski definition) is 0. The molecule has 1 heterocycles. The first-order chi connectivity index (χ1) is 21.0. The second-order valence-corrected chi connectivity index (χ2v) is 12.5. The second kappa shape index (κ2) is 26.9. The molecule has 0 amide bonds. The maximum Gasteiger partial charge on any atom is 0.282 e. The first kappa shape index (κ1) is 40.7. The molecule has 43 heavy (non-hydrogen) atoms. The van der Waals surface area contributed by atoms with Gasteiger partial charge in [-0.15, -0.1) is 0 Å². The van der Waals surface area contributed by atoms with Gasteiger partial charge < -0.3 is 28.4 Å². The van der Waals surface area contributed by atoms with Crippen molar-refractivity contribution in [3.63, 3.8) is 0 Å². The Balaban J connectivity index is 1.83. The predicted molar refractivity (Wildman–Crippen MR) is 177 cm³/mol. The molecule has 1 rings (SSSR count). The lowest BCUT2D eigenvalue weighted by Crippen LogP contribution is -2.35. The van der Waals surface area contributed by atoms with Crippen molar-refractivity contribution in [1.82, 2.24) is 9.80 Å². The molecule has 0 aromatic carbocycles. The highest BCUT2D eigenvalue weighted by molar-refractivity contribution is 4.71. The first-order valence-corrected chi connectivity index (χ1v) is 17.8. The highest BCUT2D eigenvalue weighted by Crippen LogP contribution is 2.23. The van der Waals surface area contributed by atoms with E-state index in [9.17, 15) is 0 Å². The quantitative estimate of drug-likeness (QED) is 0.0552. The lowest BCUT2D eigenvalue weighted by molar-refractivity contribution is -0.355. The maximum absolute atomic E-state index is 5.36. The summed E-state index contributed by atoms with van der Waals surface area (Å²) in [7, 11) is 9.86. The number of rotatable bonds is 32. The largest absolute Gasteiger partial charge is 0.331 e. The third-order valence-corrected chi connectivity index (χ3v) is 9.41. The molecule has 0 aromatic rings. The molecule has 1 aliphatic rings. The lowest BCUT2D eigenvalue weighted by Gasteiger charge is -2.28. The smallest absolute Gasteiger partial charge is 0.282 e. The average molecular weight is 617 g/mol. The molecule has 0 aromatic heterocycles. The monoisotopic (exact) mass is 617 g/mol. The molecule has 1 fully saturated rings. The van der Waals surface area contributed by atoms with Gasteiger partial charge in [-0.3, -0.25) is 9.80 Å². The van der Waals surface area contributed by atoms with Crippen molar-refractivity contribution < 1.29 is 28.4 Å². The van der Waals surface area contributed by atoms with Crippen molar-refractivity contribution >= 4 is 0 Å². The molecule has 0 N–H and O–H groups in total. The van der Waals surface area contributed by atoms with E-state index in [-0.39, 0.29) is 0 Å². The number of methoxy groups -OCH3 is 6. The summed E-state index contributed by atoms with van der Waals surface area (Å²) in [6.45, 7) is 6.30. The summed E-state index contributed by atoms with van der Waals surface area (Å²) in [6, 6.07) is 0. The van der Waals surface area contributed by atoms with E-state index in [1.807, 2.05) is 0 Å². The van der Waals surface area contributed by atoms with Crippen LogP contribution in [0.5, 0.6) is 0 Å². The fourth-order valence-electron chi connectivity index (χ4n) is 6.37. The molecule has 0 saturated carbocycles. The maximum atomic E-state index is 5.36. The fraction of sp³-hybridized carbons (Fsp3) is 1.00. The first-order valence-electron chi connectivity index (χ1n) is 17.8. The van der Waals surface area contributed by atoms with E-state index in [1.165, 1.54) is 148 Å². The molecule has 258 valence electrons. The molecular formula is C35H72N2O6. The molecule has 0 spiro atoms. The van der Waals surface area contributed by atoms with Crippen molar-refractivity contribution in [2.24, 2.45) is 0 Å². The van der Waals surface area contributed by atoms with Gasteiger partial charge in [0, 0.05) is 68.6 Å². The molecule has 8 heteroatoms. The van der Waals surface area contributed by atoms with Crippen molar-refractivity contribution in [2.45, 2.75) is 153 Å². The predicted octanol–water partition coefficient (Wildman–Crippen LogP) is 8.33. The Bertz CT molecular complexity index is 536. The van der Waals surface area contributed by atoms with Gasteiger partial charge in [-0.2, -0.15) is 0 Å². The Morgan fingerprint density at radius 2 is 0.581 bits per heavy atom. The third kappa shape index (κ3) is 19.1. The van der Waals surface area contributed by atoms with E-state index in [0.717, 1.165) is 25.7 Å². The summed E-state index contributed by atoms with van der Waals surface area (Å²) in [4.78, 5) is 5.34.